The van der Waals surface area contributed by atoms with Gasteiger partial charge in [-0.3, -0.25) is 0 Å². The maximum absolute atomic E-state index is 12.3. The van der Waals surface area contributed by atoms with E-state index in [2.05, 4.69) is 4.74 Å². The molecule has 1 unspecified atom stereocenters. The van der Waals surface area contributed by atoms with Crippen LogP contribution in [0.3, 0.4) is 0 Å². The van der Waals surface area contributed by atoms with Crippen LogP contribution in [0.2, 0.25) is 5.02 Å². The quantitative estimate of drug-likeness (QED) is 0.880. The van der Waals surface area contributed by atoms with Gasteiger partial charge in [0.1, 0.15) is 5.75 Å². The van der Waals surface area contributed by atoms with Gasteiger partial charge in [-0.05, 0) is 24.3 Å². The molecule has 1 atom stereocenters. The monoisotopic (exact) mass is 239 g/mol. The highest BCUT2D eigenvalue weighted by Crippen LogP contribution is 2.25. The lowest BCUT2D eigenvalue weighted by Gasteiger charge is -2.19. The Balaban J connectivity index is 2.71. The molecule has 0 heterocycles. The molecule has 0 aliphatic rings. The van der Waals surface area contributed by atoms with Crippen molar-refractivity contribution in [3.8, 4) is 5.75 Å². The Morgan fingerprint density at radius 3 is 2.20 bits per heavy atom. The molecule has 15 heavy (non-hydrogen) atoms. The Hall–Kier alpha value is -0.940. The average molecular weight is 240 g/mol. The van der Waals surface area contributed by atoms with Crippen LogP contribution in [0.15, 0.2) is 24.3 Å². The third kappa shape index (κ3) is 3.60. The Labute approximate surface area is 89.8 Å². The molecule has 84 valence electrons. The van der Waals surface area contributed by atoms with Gasteiger partial charge < -0.3 is 10.5 Å². The summed E-state index contributed by atoms with van der Waals surface area (Å²) >= 11 is 5.57. The number of halogens is 4. The third-order valence-electron chi connectivity index (χ3n) is 1.67. The van der Waals surface area contributed by atoms with E-state index in [9.17, 15) is 13.2 Å². The van der Waals surface area contributed by atoms with Gasteiger partial charge in [0.25, 0.3) is 0 Å². The van der Waals surface area contributed by atoms with E-state index in [4.69, 9.17) is 17.3 Å². The summed E-state index contributed by atoms with van der Waals surface area (Å²) in [7, 11) is 0. The maximum Gasteiger partial charge on any atom is 0.426 e. The Morgan fingerprint density at radius 1 is 1.27 bits per heavy atom. The first kappa shape index (κ1) is 12.1. The fourth-order valence-electron chi connectivity index (χ4n) is 0.926. The van der Waals surface area contributed by atoms with E-state index in [1.807, 2.05) is 0 Å². The number of rotatable bonds is 3. The minimum absolute atomic E-state index is 0.0900. The van der Waals surface area contributed by atoms with E-state index in [1.54, 1.807) is 0 Å². The highest BCUT2D eigenvalue weighted by molar-refractivity contribution is 6.30. The lowest BCUT2D eigenvalue weighted by molar-refractivity contribution is -0.191. The van der Waals surface area contributed by atoms with Crippen LogP contribution in [0.25, 0.3) is 0 Å². The molecule has 0 aliphatic carbocycles. The predicted octanol–water partition coefficient (Wildman–Crippen LogP) is 2.61. The van der Waals surface area contributed by atoms with Crippen molar-refractivity contribution >= 4 is 11.6 Å². The van der Waals surface area contributed by atoms with Crippen LogP contribution in [0.5, 0.6) is 5.75 Å². The van der Waals surface area contributed by atoms with E-state index in [-0.39, 0.29) is 5.75 Å². The van der Waals surface area contributed by atoms with Crippen molar-refractivity contribution in [1.29, 1.82) is 0 Å². The molecule has 0 amide bonds. The first-order chi connectivity index (χ1) is 6.93. The molecule has 1 aromatic rings. The van der Waals surface area contributed by atoms with Gasteiger partial charge in [-0.2, -0.15) is 13.2 Å². The molecular formula is C9H9ClF3NO. The number of nitrogens with two attached hydrogens (primary N) is 1. The predicted molar refractivity (Wildman–Crippen MR) is 51.0 cm³/mol. The summed E-state index contributed by atoms with van der Waals surface area (Å²) in [6.07, 6.45) is -6.45. The first-order valence-electron chi connectivity index (χ1n) is 4.12. The topological polar surface area (TPSA) is 35.2 Å². The van der Waals surface area contributed by atoms with Gasteiger partial charge in [-0.15, -0.1) is 0 Å². The number of alkyl halides is 3. The Kier molecular flexibility index (Phi) is 3.82. The van der Waals surface area contributed by atoms with Gasteiger partial charge in [0, 0.05) is 11.6 Å². The summed E-state index contributed by atoms with van der Waals surface area (Å²) in [6, 6.07) is 5.61. The van der Waals surface area contributed by atoms with Crippen molar-refractivity contribution in [1.82, 2.24) is 0 Å². The molecule has 1 rings (SSSR count). The zero-order chi connectivity index (χ0) is 11.5. The van der Waals surface area contributed by atoms with Crippen molar-refractivity contribution in [2.45, 2.75) is 12.3 Å². The van der Waals surface area contributed by atoms with Crippen molar-refractivity contribution in [3.05, 3.63) is 29.3 Å². The standard InChI is InChI=1S/C9H9ClF3NO/c10-6-1-3-7(4-2-6)15-8(5-14)9(11,12)13/h1-4,8H,5,14H2. The summed E-state index contributed by atoms with van der Waals surface area (Å²) in [4.78, 5) is 0. The van der Waals surface area contributed by atoms with Gasteiger partial charge in [0.05, 0.1) is 0 Å². The van der Waals surface area contributed by atoms with Gasteiger partial charge in [0.2, 0.25) is 6.10 Å². The molecule has 0 radical (unpaired) electrons. The van der Waals surface area contributed by atoms with E-state index in [0.29, 0.717) is 5.02 Å². The lowest BCUT2D eigenvalue weighted by Crippen LogP contribution is -2.40. The van der Waals surface area contributed by atoms with Crippen LogP contribution < -0.4 is 10.5 Å². The van der Waals surface area contributed by atoms with E-state index in [1.165, 1.54) is 24.3 Å². The van der Waals surface area contributed by atoms with E-state index >= 15 is 0 Å². The second-order valence-electron chi connectivity index (χ2n) is 2.84. The fourth-order valence-corrected chi connectivity index (χ4v) is 1.05. The summed E-state index contributed by atoms with van der Waals surface area (Å²) in [5.74, 6) is 0.0900. The van der Waals surface area contributed by atoms with E-state index in [0.717, 1.165) is 0 Å². The van der Waals surface area contributed by atoms with Crippen molar-refractivity contribution in [2.75, 3.05) is 6.54 Å². The van der Waals surface area contributed by atoms with Crippen LogP contribution in [0.4, 0.5) is 13.2 Å². The second-order valence-corrected chi connectivity index (χ2v) is 3.27. The zero-order valence-electron chi connectivity index (χ0n) is 7.59. The normalized spacial score (nSPS) is 13.7. The highest BCUT2D eigenvalue weighted by atomic mass is 35.5. The van der Waals surface area contributed by atoms with Crippen LogP contribution in [0, 0.1) is 0 Å². The lowest BCUT2D eigenvalue weighted by atomic mass is 10.3. The molecule has 0 saturated heterocycles. The molecule has 1 aromatic carbocycles. The number of hydrogen-bond acceptors (Lipinski definition) is 2. The van der Waals surface area contributed by atoms with Crippen molar-refractivity contribution in [2.24, 2.45) is 5.73 Å². The third-order valence-corrected chi connectivity index (χ3v) is 1.92. The van der Waals surface area contributed by atoms with Crippen LogP contribution in [-0.2, 0) is 0 Å². The van der Waals surface area contributed by atoms with Crippen LogP contribution in [0.1, 0.15) is 0 Å². The SMILES string of the molecule is NCC(Oc1ccc(Cl)cc1)C(F)(F)F. The first-order valence-corrected chi connectivity index (χ1v) is 4.50. The van der Waals surface area contributed by atoms with Crippen molar-refractivity contribution < 1.29 is 17.9 Å². The molecular weight excluding hydrogens is 231 g/mol. The number of benzene rings is 1. The largest absolute Gasteiger partial charge is 0.480 e. The molecule has 0 aliphatic heterocycles. The number of hydrogen-bond donors (Lipinski definition) is 1. The molecule has 2 nitrogen and oxygen atoms in total. The molecule has 6 heteroatoms. The Morgan fingerprint density at radius 2 is 1.80 bits per heavy atom. The molecule has 0 fully saturated rings. The fraction of sp³-hybridized carbons (Fsp3) is 0.333. The molecule has 0 saturated carbocycles. The molecule has 0 spiro atoms. The van der Waals surface area contributed by atoms with Crippen LogP contribution >= 0.6 is 11.6 Å². The molecule has 2 N–H and O–H groups in total. The molecule has 0 bridgehead atoms. The summed E-state index contributed by atoms with van der Waals surface area (Å²) in [5, 5.41) is 0.429. The van der Waals surface area contributed by atoms with Crippen molar-refractivity contribution in [3.63, 3.8) is 0 Å². The van der Waals surface area contributed by atoms with Crippen LogP contribution in [-0.4, -0.2) is 18.8 Å². The summed E-state index contributed by atoms with van der Waals surface area (Å²) < 4.78 is 41.4. The molecule has 0 aromatic heterocycles. The minimum atomic E-state index is -4.46. The zero-order valence-corrected chi connectivity index (χ0v) is 8.35. The van der Waals surface area contributed by atoms with E-state index < -0.39 is 18.8 Å². The smallest absolute Gasteiger partial charge is 0.426 e. The van der Waals surface area contributed by atoms with Gasteiger partial charge in [-0.1, -0.05) is 11.6 Å². The van der Waals surface area contributed by atoms with Gasteiger partial charge >= 0.3 is 6.18 Å². The average Bonchev–Trinajstić information content (AvgIpc) is 2.15. The maximum atomic E-state index is 12.3. The Bertz CT molecular complexity index is 312. The summed E-state index contributed by atoms with van der Waals surface area (Å²) in [6.45, 7) is -0.619. The van der Waals surface area contributed by atoms with Gasteiger partial charge in [-0.25, -0.2) is 0 Å². The minimum Gasteiger partial charge on any atom is -0.480 e. The second kappa shape index (κ2) is 4.72. The van der Waals surface area contributed by atoms with Gasteiger partial charge in [0.15, 0.2) is 0 Å². The highest BCUT2D eigenvalue weighted by Gasteiger charge is 2.40. The summed E-state index contributed by atoms with van der Waals surface area (Å²) in [5.41, 5.74) is 4.97. The number of ether oxygens (including phenoxy) is 1.